The molecule has 0 spiro atoms. The van der Waals surface area contributed by atoms with Gasteiger partial charge < -0.3 is 10.1 Å². The lowest BCUT2D eigenvalue weighted by molar-refractivity contribution is -0.123. The molecule has 2 heterocycles. The maximum Gasteiger partial charge on any atom is 0.258 e. The summed E-state index contributed by atoms with van der Waals surface area (Å²) < 4.78 is 7.44. The smallest absolute Gasteiger partial charge is 0.258 e. The third kappa shape index (κ3) is 4.16. The molecule has 3 rings (SSSR count). The van der Waals surface area contributed by atoms with Crippen LogP contribution in [0.2, 0.25) is 0 Å². The van der Waals surface area contributed by atoms with Crippen LogP contribution in [0.4, 0.5) is 0 Å². The van der Waals surface area contributed by atoms with E-state index in [4.69, 9.17) is 4.74 Å². The molecule has 0 unspecified atom stereocenters. The summed E-state index contributed by atoms with van der Waals surface area (Å²) in [4.78, 5) is 16.9. The lowest BCUT2D eigenvalue weighted by Gasteiger charge is -2.15. The standard InChI is InChI=1S/C22H28N4O2/c1-13(2)21-20-15(4)11-19(24-22(20)26(6)25-21)28-12-18(27)23-16(5)17-9-7-14(3)8-10-17/h7-11,13,16H,12H2,1-6H3,(H,23,27)/t16-/m0/s1. The normalized spacial score (nSPS) is 12.4. The van der Waals surface area contributed by atoms with Gasteiger partial charge in [0.2, 0.25) is 5.88 Å². The molecule has 0 bridgehead atoms. The highest BCUT2D eigenvalue weighted by Crippen LogP contribution is 2.28. The molecule has 1 N–H and O–H groups in total. The van der Waals surface area contributed by atoms with Gasteiger partial charge >= 0.3 is 0 Å². The van der Waals surface area contributed by atoms with Gasteiger partial charge in [0, 0.05) is 18.5 Å². The predicted octanol–water partition coefficient (Wildman–Crippen LogP) is 3.96. The van der Waals surface area contributed by atoms with E-state index < -0.39 is 0 Å². The van der Waals surface area contributed by atoms with Gasteiger partial charge in [0.1, 0.15) is 0 Å². The molecule has 2 aromatic heterocycles. The first-order valence-electron chi connectivity index (χ1n) is 9.59. The third-order valence-electron chi connectivity index (χ3n) is 4.85. The molecule has 0 saturated heterocycles. The van der Waals surface area contributed by atoms with E-state index in [2.05, 4.69) is 29.2 Å². The first kappa shape index (κ1) is 19.9. The average Bonchev–Trinajstić information content (AvgIpc) is 2.98. The minimum atomic E-state index is -0.180. The number of carbonyl (C=O) groups is 1. The van der Waals surface area contributed by atoms with Gasteiger partial charge in [-0.25, -0.2) is 0 Å². The molecular formula is C22H28N4O2. The number of rotatable bonds is 6. The van der Waals surface area contributed by atoms with E-state index in [0.29, 0.717) is 11.8 Å². The largest absolute Gasteiger partial charge is 0.468 e. The molecule has 28 heavy (non-hydrogen) atoms. The molecule has 0 saturated carbocycles. The van der Waals surface area contributed by atoms with E-state index in [1.54, 1.807) is 4.68 Å². The van der Waals surface area contributed by atoms with Crippen molar-refractivity contribution in [1.82, 2.24) is 20.1 Å². The van der Waals surface area contributed by atoms with E-state index in [1.807, 2.05) is 58.2 Å². The topological polar surface area (TPSA) is 69.0 Å². The highest BCUT2D eigenvalue weighted by Gasteiger charge is 2.17. The van der Waals surface area contributed by atoms with Crippen LogP contribution < -0.4 is 10.1 Å². The van der Waals surface area contributed by atoms with Crippen molar-refractivity contribution in [2.75, 3.05) is 6.61 Å². The molecule has 3 aromatic rings. The Kier molecular flexibility index (Phi) is 5.68. The van der Waals surface area contributed by atoms with Crippen LogP contribution in [0.1, 0.15) is 55.1 Å². The first-order valence-corrected chi connectivity index (χ1v) is 9.59. The second kappa shape index (κ2) is 8.00. The first-order chi connectivity index (χ1) is 13.3. The summed E-state index contributed by atoms with van der Waals surface area (Å²) in [5.74, 6) is 0.562. The van der Waals surface area contributed by atoms with Gasteiger partial charge in [-0.05, 0) is 37.8 Å². The number of aromatic nitrogens is 3. The Labute approximate surface area is 165 Å². The number of hydrogen-bond acceptors (Lipinski definition) is 4. The van der Waals surface area contributed by atoms with Gasteiger partial charge in [0.25, 0.3) is 5.91 Å². The van der Waals surface area contributed by atoms with Crippen molar-refractivity contribution in [2.24, 2.45) is 7.05 Å². The summed E-state index contributed by atoms with van der Waals surface area (Å²) in [6.07, 6.45) is 0. The molecule has 0 aliphatic heterocycles. The number of pyridine rings is 1. The highest BCUT2D eigenvalue weighted by molar-refractivity contribution is 5.83. The fourth-order valence-corrected chi connectivity index (χ4v) is 3.28. The average molecular weight is 380 g/mol. The minimum absolute atomic E-state index is 0.0803. The van der Waals surface area contributed by atoms with Gasteiger partial charge in [0.05, 0.1) is 11.7 Å². The van der Waals surface area contributed by atoms with E-state index in [9.17, 15) is 4.79 Å². The molecule has 148 valence electrons. The van der Waals surface area contributed by atoms with Crippen molar-refractivity contribution < 1.29 is 9.53 Å². The quantitative estimate of drug-likeness (QED) is 0.703. The zero-order valence-electron chi connectivity index (χ0n) is 17.4. The fourth-order valence-electron chi connectivity index (χ4n) is 3.28. The Morgan fingerprint density at radius 3 is 2.50 bits per heavy atom. The van der Waals surface area contributed by atoms with Gasteiger partial charge in [-0.3, -0.25) is 9.48 Å². The van der Waals surface area contributed by atoms with E-state index in [0.717, 1.165) is 27.9 Å². The number of carbonyl (C=O) groups excluding carboxylic acids is 1. The van der Waals surface area contributed by atoms with Crippen molar-refractivity contribution in [3.63, 3.8) is 0 Å². The van der Waals surface area contributed by atoms with Crippen molar-refractivity contribution in [1.29, 1.82) is 0 Å². The van der Waals surface area contributed by atoms with Crippen molar-refractivity contribution in [3.05, 3.63) is 52.7 Å². The van der Waals surface area contributed by atoms with Gasteiger partial charge in [0.15, 0.2) is 12.3 Å². The molecule has 0 fully saturated rings. The number of ether oxygens (including phenoxy) is 1. The SMILES string of the molecule is Cc1ccc([C@H](C)NC(=O)COc2cc(C)c3c(C(C)C)nn(C)c3n2)cc1. The molecule has 6 heteroatoms. The number of fused-ring (bicyclic) bond motifs is 1. The maximum absolute atomic E-state index is 12.3. The Bertz CT molecular complexity index is 990. The van der Waals surface area contributed by atoms with E-state index in [1.165, 1.54) is 5.56 Å². The lowest BCUT2D eigenvalue weighted by atomic mass is 10.0. The number of nitrogens with one attached hydrogen (secondary N) is 1. The van der Waals surface area contributed by atoms with Crippen LogP contribution in [-0.2, 0) is 11.8 Å². The number of aryl methyl sites for hydroxylation is 3. The van der Waals surface area contributed by atoms with Gasteiger partial charge in [-0.1, -0.05) is 43.7 Å². The zero-order chi connectivity index (χ0) is 20.4. The molecule has 0 aliphatic rings. The number of hydrogen-bond donors (Lipinski definition) is 1. The van der Waals surface area contributed by atoms with Crippen LogP contribution in [0.5, 0.6) is 5.88 Å². The Morgan fingerprint density at radius 2 is 1.86 bits per heavy atom. The second-order valence-electron chi connectivity index (χ2n) is 7.63. The molecule has 0 radical (unpaired) electrons. The summed E-state index contributed by atoms with van der Waals surface area (Å²) >= 11 is 0. The second-order valence-corrected chi connectivity index (χ2v) is 7.63. The number of benzene rings is 1. The number of amides is 1. The third-order valence-corrected chi connectivity index (χ3v) is 4.85. The zero-order valence-corrected chi connectivity index (χ0v) is 17.4. The molecule has 1 atom stereocenters. The number of nitrogens with zero attached hydrogens (tertiary/aromatic N) is 3. The summed E-state index contributed by atoms with van der Waals surface area (Å²) in [6, 6.07) is 9.90. The van der Waals surface area contributed by atoms with Crippen molar-refractivity contribution >= 4 is 16.9 Å². The van der Waals surface area contributed by atoms with E-state index in [-0.39, 0.29) is 18.6 Å². The summed E-state index contributed by atoms with van der Waals surface area (Å²) in [5, 5.41) is 8.60. The van der Waals surface area contributed by atoms with Crippen LogP contribution in [0.3, 0.4) is 0 Å². The van der Waals surface area contributed by atoms with Crippen LogP contribution >= 0.6 is 0 Å². The van der Waals surface area contributed by atoms with Crippen LogP contribution in [0.25, 0.3) is 11.0 Å². The highest BCUT2D eigenvalue weighted by atomic mass is 16.5. The van der Waals surface area contributed by atoms with Crippen LogP contribution in [0.15, 0.2) is 30.3 Å². The predicted molar refractivity (Wildman–Crippen MR) is 111 cm³/mol. The van der Waals surface area contributed by atoms with Gasteiger partial charge in [-0.2, -0.15) is 10.1 Å². The molecular weight excluding hydrogens is 352 g/mol. The Morgan fingerprint density at radius 1 is 1.18 bits per heavy atom. The molecule has 1 amide bonds. The minimum Gasteiger partial charge on any atom is -0.468 e. The van der Waals surface area contributed by atoms with Crippen LogP contribution in [-0.4, -0.2) is 27.3 Å². The Hall–Kier alpha value is -2.89. The van der Waals surface area contributed by atoms with Gasteiger partial charge in [-0.15, -0.1) is 0 Å². The van der Waals surface area contributed by atoms with E-state index >= 15 is 0 Å². The summed E-state index contributed by atoms with van der Waals surface area (Å²) in [5.41, 5.74) is 5.10. The van der Waals surface area contributed by atoms with Crippen LogP contribution in [0, 0.1) is 13.8 Å². The molecule has 0 aliphatic carbocycles. The summed E-state index contributed by atoms with van der Waals surface area (Å²) in [7, 11) is 1.88. The Balaban J connectivity index is 1.68. The van der Waals surface area contributed by atoms with Crippen molar-refractivity contribution in [2.45, 2.75) is 46.6 Å². The molecule has 6 nitrogen and oxygen atoms in total. The monoisotopic (exact) mass is 380 g/mol. The van der Waals surface area contributed by atoms with Crippen molar-refractivity contribution in [3.8, 4) is 5.88 Å². The fraction of sp³-hybridized carbons (Fsp3) is 0.409. The maximum atomic E-state index is 12.3. The lowest BCUT2D eigenvalue weighted by Crippen LogP contribution is -2.31. The molecule has 1 aromatic carbocycles. The summed E-state index contributed by atoms with van der Waals surface area (Å²) in [6.45, 7) is 10.2.